The van der Waals surface area contributed by atoms with Crippen molar-refractivity contribution < 1.29 is 8.83 Å². The number of anilines is 3. The topological polar surface area (TPSA) is 29.5 Å². The monoisotopic (exact) mass is 1030 g/mol. The van der Waals surface area contributed by atoms with Crippen LogP contribution < -0.4 is 4.90 Å². The molecule has 80 heavy (non-hydrogen) atoms. The molecule has 380 valence electrons. The average molecular weight is 1030 g/mol. The smallest absolute Gasteiger partial charge is 0.144 e. The summed E-state index contributed by atoms with van der Waals surface area (Å²) in [5.41, 5.74) is 32.6. The first-order valence-electron chi connectivity index (χ1n) is 28.5. The lowest BCUT2D eigenvalue weighted by atomic mass is 9.67. The molecule has 0 amide bonds. The van der Waals surface area contributed by atoms with E-state index < -0.39 is 10.8 Å². The quantitative estimate of drug-likeness (QED) is 0.173. The zero-order valence-electron chi connectivity index (χ0n) is 45.9. The summed E-state index contributed by atoms with van der Waals surface area (Å²) < 4.78 is 14.4. The van der Waals surface area contributed by atoms with Gasteiger partial charge in [-0.05, 0) is 144 Å². The third-order valence-electron chi connectivity index (χ3n) is 20.1. The minimum absolute atomic E-state index is 0.247. The summed E-state index contributed by atoms with van der Waals surface area (Å²) in [5.74, 6) is 0. The maximum absolute atomic E-state index is 7.26. The van der Waals surface area contributed by atoms with Crippen LogP contribution in [0, 0.1) is 0 Å². The van der Waals surface area contributed by atoms with Crippen molar-refractivity contribution in [2.24, 2.45) is 0 Å². The second-order valence-electron chi connectivity index (χ2n) is 25.1. The molecule has 1 atom stereocenters. The third-order valence-corrected chi connectivity index (χ3v) is 20.1. The molecule has 13 aromatic rings. The lowest BCUT2D eigenvalue weighted by Crippen LogP contribution is -2.28. The molecule has 3 heterocycles. The first kappa shape index (κ1) is 44.8. The molecule has 4 aliphatic carbocycles. The molecule has 0 N–H and O–H groups in total. The van der Waals surface area contributed by atoms with Crippen molar-refractivity contribution in [2.45, 2.75) is 70.1 Å². The normalized spacial score (nSPS) is 17.5. The van der Waals surface area contributed by atoms with E-state index in [4.69, 9.17) is 8.83 Å². The van der Waals surface area contributed by atoms with Crippen molar-refractivity contribution in [3.63, 3.8) is 0 Å². The van der Waals surface area contributed by atoms with Gasteiger partial charge in [-0.2, -0.15) is 0 Å². The Morgan fingerprint density at radius 3 is 1.39 bits per heavy atom. The van der Waals surface area contributed by atoms with Gasteiger partial charge in [0.25, 0.3) is 0 Å². The van der Waals surface area contributed by atoms with Crippen molar-refractivity contribution >= 4 is 60.9 Å². The van der Waals surface area contributed by atoms with E-state index in [9.17, 15) is 0 Å². The molecular weight excluding hydrogens is 971 g/mol. The molecule has 11 aromatic carbocycles. The molecule has 3 nitrogen and oxygen atoms in total. The maximum atomic E-state index is 7.26. The van der Waals surface area contributed by atoms with E-state index in [1.165, 1.54) is 133 Å². The van der Waals surface area contributed by atoms with E-state index in [1.54, 1.807) is 0 Å². The molecular formula is C77H55NO2. The van der Waals surface area contributed by atoms with Crippen LogP contribution in [-0.2, 0) is 21.7 Å². The number of rotatable bonds is 2. The van der Waals surface area contributed by atoms with E-state index in [0.717, 1.165) is 44.8 Å². The van der Waals surface area contributed by atoms with E-state index in [-0.39, 0.29) is 10.8 Å². The molecule has 0 saturated carbocycles. The summed E-state index contributed by atoms with van der Waals surface area (Å²) in [6.45, 7) is 17.2. The summed E-state index contributed by atoms with van der Waals surface area (Å²) in [6.07, 6.45) is 0. The van der Waals surface area contributed by atoms with Crippen LogP contribution in [-0.4, -0.2) is 0 Å². The highest BCUT2D eigenvalue weighted by Crippen LogP contribution is 2.67. The van der Waals surface area contributed by atoms with Crippen LogP contribution in [0.1, 0.15) is 98.5 Å². The number of nitrogens with zero attached hydrogens (tertiary/aromatic N) is 1. The SMILES string of the molecule is CC1(C)c2cc(N3c4ccc5c(c4)C(C)(c4cccc(c4)-c4cccc(-c6ccccc6)c43)c3c4c(c6c(oc7ccccc76)c3-5)-c3ccccc3C4(C)C)ccc2-c2c1c1c(c3c2oc2ccccc23)-c2ccccc2C1(C)C. The molecule has 18 rings (SSSR count). The maximum Gasteiger partial charge on any atom is 0.144 e. The summed E-state index contributed by atoms with van der Waals surface area (Å²) in [7, 11) is 0. The van der Waals surface area contributed by atoms with Crippen LogP contribution in [0.2, 0.25) is 0 Å². The number of hydrogen-bond acceptors (Lipinski definition) is 3. The van der Waals surface area contributed by atoms with Crippen molar-refractivity contribution in [1.29, 1.82) is 0 Å². The van der Waals surface area contributed by atoms with Gasteiger partial charge < -0.3 is 13.7 Å². The number of benzene rings is 11. The molecule has 0 saturated heterocycles. The van der Waals surface area contributed by atoms with Gasteiger partial charge in [-0.3, -0.25) is 0 Å². The van der Waals surface area contributed by atoms with Gasteiger partial charge >= 0.3 is 0 Å². The Labute approximate surface area is 465 Å². The lowest BCUT2D eigenvalue weighted by Gasteiger charge is -2.37. The standard InChI is InChI=1S/C77H55NO2/c1-74(2)55-31-15-11-25-49(55)61-63-53-27-13-17-33-59(53)79-72(63)65-51-37-35-45(40-57(51)76(5,6)69(65)67(61)74)78-46-36-38-52-58(41-46)77(7,44-24-19-23-43(39-44)48-30-20-29-47(71(48)78)42-21-9-8-10-22-42)70-66(52)73-64(54-28-14-18-34-60(54)80-73)62-50-26-12-16-32-56(50)75(3,4)68(62)70/h8-41H,1-7H3. The summed E-state index contributed by atoms with van der Waals surface area (Å²) in [5, 5.41) is 4.77. The van der Waals surface area contributed by atoms with Crippen molar-refractivity contribution in [2.75, 3.05) is 4.90 Å². The molecule has 3 heteroatoms. The second-order valence-corrected chi connectivity index (χ2v) is 25.1. The number of fused-ring (bicyclic) bond motifs is 30. The van der Waals surface area contributed by atoms with Crippen LogP contribution in [0.4, 0.5) is 17.1 Å². The second kappa shape index (κ2) is 14.7. The van der Waals surface area contributed by atoms with Gasteiger partial charge in [0, 0.05) is 76.8 Å². The zero-order valence-corrected chi connectivity index (χ0v) is 45.9. The van der Waals surface area contributed by atoms with Crippen LogP contribution in [0.3, 0.4) is 0 Å². The zero-order chi connectivity index (χ0) is 53.5. The minimum Gasteiger partial charge on any atom is -0.455 e. The minimum atomic E-state index is -0.572. The predicted octanol–water partition coefficient (Wildman–Crippen LogP) is 20.9. The van der Waals surface area contributed by atoms with Gasteiger partial charge in [0.05, 0.1) is 5.69 Å². The predicted molar refractivity (Wildman–Crippen MR) is 330 cm³/mol. The highest BCUT2D eigenvalue weighted by atomic mass is 16.3. The molecule has 0 spiro atoms. The molecule has 0 radical (unpaired) electrons. The van der Waals surface area contributed by atoms with Gasteiger partial charge in [0.15, 0.2) is 0 Å². The lowest BCUT2D eigenvalue weighted by molar-refractivity contribution is 0.600. The Morgan fingerprint density at radius 2 is 0.762 bits per heavy atom. The summed E-state index contributed by atoms with van der Waals surface area (Å²) in [4.78, 5) is 2.60. The van der Waals surface area contributed by atoms with E-state index in [0.29, 0.717) is 0 Å². The fraction of sp³-hybridized carbons (Fsp3) is 0.143. The molecule has 1 unspecified atom stereocenters. The van der Waals surface area contributed by atoms with Crippen molar-refractivity contribution in [3.05, 3.63) is 256 Å². The summed E-state index contributed by atoms with van der Waals surface area (Å²) in [6, 6.07) is 77.7. The van der Waals surface area contributed by atoms with Crippen LogP contribution in [0.25, 0.3) is 111 Å². The Hall–Kier alpha value is -9.18. The molecule has 4 bridgehead atoms. The van der Waals surface area contributed by atoms with E-state index >= 15 is 0 Å². The first-order valence-corrected chi connectivity index (χ1v) is 28.5. The number of furan rings is 2. The number of para-hydroxylation sites is 3. The molecule has 1 aliphatic heterocycles. The average Bonchev–Trinajstić information content (AvgIpc) is 4.30. The Morgan fingerprint density at radius 1 is 0.325 bits per heavy atom. The van der Waals surface area contributed by atoms with Gasteiger partial charge in [-0.15, -0.1) is 0 Å². The fourth-order valence-corrected chi connectivity index (χ4v) is 16.7. The van der Waals surface area contributed by atoms with Crippen LogP contribution in [0.5, 0.6) is 0 Å². The van der Waals surface area contributed by atoms with Gasteiger partial charge in [-0.25, -0.2) is 0 Å². The third kappa shape index (κ3) is 5.20. The van der Waals surface area contributed by atoms with Crippen LogP contribution >= 0.6 is 0 Å². The largest absolute Gasteiger partial charge is 0.455 e. The van der Waals surface area contributed by atoms with Crippen molar-refractivity contribution in [1.82, 2.24) is 0 Å². The van der Waals surface area contributed by atoms with Crippen LogP contribution in [0.15, 0.2) is 215 Å². The first-order chi connectivity index (χ1) is 38.9. The van der Waals surface area contributed by atoms with E-state index in [1.807, 2.05) is 0 Å². The molecule has 0 fully saturated rings. The number of hydrogen-bond donors (Lipinski definition) is 0. The molecule has 2 aromatic heterocycles. The van der Waals surface area contributed by atoms with Gasteiger partial charge in [0.2, 0.25) is 0 Å². The molecule has 5 aliphatic rings. The van der Waals surface area contributed by atoms with E-state index in [2.05, 4.69) is 260 Å². The fourth-order valence-electron chi connectivity index (χ4n) is 16.7. The van der Waals surface area contributed by atoms with Gasteiger partial charge in [-0.1, -0.05) is 205 Å². The Kier molecular flexibility index (Phi) is 8.24. The highest BCUT2D eigenvalue weighted by Gasteiger charge is 2.53. The highest BCUT2D eigenvalue weighted by molar-refractivity contribution is 6.23. The Bertz CT molecular complexity index is 5000. The van der Waals surface area contributed by atoms with Crippen molar-refractivity contribution in [3.8, 4) is 66.8 Å². The van der Waals surface area contributed by atoms with Gasteiger partial charge in [0.1, 0.15) is 22.3 Å². The Balaban J connectivity index is 0.945. The summed E-state index contributed by atoms with van der Waals surface area (Å²) >= 11 is 0.